The molecular formula is C16H21BrN2O. The zero-order valence-corrected chi connectivity index (χ0v) is 13.4. The van der Waals surface area contributed by atoms with Crippen LogP contribution in [0.4, 0.5) is 5.82 Å². The van der Waals surface area contributed by atoms with Crippen molar-refractivity contribution in [3.63, 3.8) is 0 Å². The van der Waals surface area contributed by atoms with Crippen LogP contribution < -0.4 is 5.73 Å². The summed E-state index contributed by atoms with van der Waals surface area (Å²) in [6.45, 7) is 2.22. The van der Waals surface area contributed by atoms with Crippen LogP contribution in [0.2, 0.25) is 0 Å². The smallest absolute Gasteiger partial charge is 0.175 e. The number of aryl methyl sites for hydroxylation is 1. The zero-order valence-electron chi connectivity index (χ0n) is 11.9. The van der Waals surface area contributed by atoms with E-state index in [0.29, 0.717) is 5.82 Å². The van der Waals surface area contributed by atoms with Crippen molar-refractivity contribution < 1.29 is 4.52 Å². The van der Waals surface area contributed by atoms with Gasteiger partial charge < -0.3 is 10.3 Å². The molecule has 1 heterocycles. The van der Waals surface area contributed by atoms with Crippen LogP contribution in [0.25, 0.3) is 11.1 Å². The minimum absolute atomic E-state index is 0.482. The van der Waals surface area contributed by atoms with Crippen molar-refractivity contribution in [1.82, 2.24) is 5.16 Å². The summed E-state index contributed by atoms with van der Waals surface area (Å²) in [6.07, 6.45) is 7.11. The first-order valence-electron chi connectivity index (χ1n) is 7.22. The normalized spacial score (nSPS) is 10.9. The van der Waals surface area contributed by atoms with E-state index in [4.69, 9.17) is 10.3 Å². The van der Waals surface area contributed by atoms with Gasteiger partial charge in [0.25, 0.3) is 0 Å². The summed E-state index contributed by atoms with van der Waals surface area (Å²) in [5.41, 5.74) is 7.96. The Labute approximate surface area is 128 Å². The molecule has 3 nitrogen and oxygen atoms in total. The lowest BCUT2D eigenvalue weighted by atomic mass is 10.0. The summed E-state index contributed by atoms with van der Waals surface area (Å²) in [5, 5.41) is 3.92. The molecule has 0 amide bonds. The van der Waals surface area contributed by atoms with E-state index in [9.17, 15) is 0 Å². The van der Waals surface area contributed by atoms with E-state index in [-0.39, 0.29) is 0 Å². The van der Waals surface area contributed by atoms with Crippen LogP contribution in [0.3, 0.4) is 0 Å². The van der Waals surface area contributed by atoms with E-state index in [0.717, 1.165) is 34.2 Å². The third-order valence-corrected chi connectivity index (χ3v) is 3.96. The Hall–Kier alpha value is -1.29. The largest absolute Gasteiger partial charge is 0.380 e. The summed E-state index contributed by atoms with van der Waals surface area (Å²) in [7, 11) is 0. The number of hydrogen-bond donors (Lipinski definition) is 1. The Morgan fingerprint density at radius 3 is 2.50 bits per heavy atom. The first-order chi connectivity index (χ1) is 9.72. The number of nitrogens with two attached hydrogens (primary N) is 1. The number of anilines is 1. The Morgan fingerprint density at radius 2 is 1.80 bits per heavy atom. The minimum atomic E-state index is 0.482. The van der Waals surface area contributed by atoms with Gasteiger partial charge >= 0.3 is 0 Å². The summed E-state index contributed by atoms with van der Waals surface area (Å²) < 4.78 is 6.45. The van der Waals surface area contributed by atoms with Gasteiger partial charge in [0.1, 0.15) is 5.76 Å². The molecule has 2 rings (SSSR count). The average molecular weight is 337 g/mol. The van der Waals surface area contributed by atoms with Crippen LogP contribution >= 0.6 is 15.9 Å². The standard InChI is InChI=1S/C16H21BrN2O/c1-2-3-4-5-6-7-14-15(16(18)19-20-14)12-8-10-13(17)11-9-12/h8-11H,2-7H2,1H3,(H2,18,19). The van der Waals surface area contributed by atoms with E-state index in [1.54, 1.807) is 0 Å². The number of nitrogen functional groups attached to an aromatic ring is 1. The van der Waals surface area contributed by atoms with E-state index in [1.807, 2.05) is 24.3 Å². The van der Waals surface area contributed by atoms with E-state index >= 15 is 0 Å². The fourth-order valence-corrected chi connectivity index (χ4v) is 2.59. The van der Waals surface area contributed by atoms with Crippen molar-refractivity contribution in [2.45, 2.75) is 45.4 Å². The molecule has 1 aromatic heterocycles. The van der Waals surface area contributed by atoms with E-state index in [1.165, 1.54) is 25.7 Å². The number of halogens is 1. The molecule has 0 atom stereocenters. The lowest BCUT2D eigenvalue weighted by Gasteiger charge is -2.03. The molecular weight excluding hydrogens is 316 g/mol. The highest BCUT2D eigenvalue weighted by molar-refractivity contribution is 9.10. The number of hydrogen-bond acceptors (Lipinski definition) is 3. The molecule has 2 aromatic rings. The lowest BCUT2D eigenvalue weighted by Crippen LogP contribution is -1.91. The van der Waals surface area contributed by atoms with Gasteiger partial charge in [0, 0.05) is 10.9 Å². The molecule has 4 heteroatoms. The molecule has 0 spiro atoms. The molecule has 0 radical (unpaired) electrons. The summed E-state index contributed by atoms with van der Waals surface area (Å²) >= 11 is 3.44. The molecule has 0 aliphatic carbocycles. The van der Waals surface area contributed by atoms with Crippen LogP contribution in [0.1, 0.15) is 44.8 Å². The highest BCUT2D eigenvalue weighted by atomic mass is 79.9. The topological polar surface area (TPSA) is 52.0 Å². The minimum Gasteiger partial charge on any atom is -0.380 e. The van der Waals surface area contributed by atoms with Gasteiger partial charge in [-0.25, -0.2) is 0 Å². The van der Waals surface area contributed by atoms with Crippen molar-refractivity contribution >= 4 is 21.7 Å². The molecule has 1 aromatic carbocycles. The lowest BCUT2D eigenvalue weighted by molar-refractivity contribution is 0.381. The molecule has 0 bridgehead atoms. The predicted octanol–water partition coefficient (Wildman–Crippen LogP) is 5.20. The van der Waals surface area contributed by atoms with Gasteiger partial charge in [0.05, 0.1) is 5.56 Å². The van der Waals surface area contributed by atoms with E-state index in [2.05, 4.69) is 28.0 Å². The summed E-state index contributed by atoms with van der Waals surface area (Å²) in [4.78, 5) is 0. The second-order valence-corrected chi connectivity index (χ2v) is 5.95. The van der Waals surface area contributed by atoms with Crippen LogP contribution in [0, 0.1) is 0 Å². The summed E-state index contributed by atoms with van der Waals surface area (Å²) in [6, 6.07) is 8.08. The highest BCUT2D eigenvalue weighted by Crippen LogP contribution is 2.31. The van der Waals surface area contributed by atoms with Gasteiger partial charge in [-0.15, -0.1) is 0 Å². The molecule has 0 unspecified atom stereocenters. The third kappa shape index (κ3) is 3.85. The second-order valence-electron chi connectivity index (χ2n) is 5.04. The van der Waals surface area contributed by atoms with Gasteiger partial charge in [-0.2, -0.15) is 0 Å². The quantitative estimate of drug-likeness (QED) is 0.707. The van der Waals surface area contributed by atoms with Gasteiger partial charge in [0.2, 0.25) is 0 Å². The monoisotopic (exact) mass is 336 g/mol. The number of unbranched alkanes of at least 4 members (excludes halogenated alkanes) is 4. The maximum absolute atomic E-state index is 5.95. The third-order valence-electron chi connectivity index (χ3n) is 3.43. The van der Waals surface area contributed by atoms with Crippen molar-refractivity contribution in [1.29, 1.82) is 0 Å². The second kappa shape index (κ2) is 7.48. The Balaban J connectivity index is 2.05. The van der Waals surface area contributed by atoms with Crippen molar-refractivity contribution in [2.75, 3.05) is 5.73 Å². The molecule has 0 saturated carbocycles. The fraction of sp³-hybridized carbons (Fsp3) is 0.438. The van der Waals surface area contributed by atoms with Gasteiger partial charge in [-0.05, 0) is 24.1 Å². The fourth-order valence-electron chi connectivity index (χ4n) is 2.32. The number of rotatable bonds is 7. The summed E-state index contributed by atoms with van der Waals surface area (Å²) in [5.74, 6) is 1.39. The van der Waals surface area contributed by atoms with Gasteiger partial charge in [-0.1, -0.05) is 65.8 Å². The molecule has 0 aliphatic rings. The van der Waals surface area contributed by atoms with Gasteiger partial charge in [-0.3, -0.25) is 0 Å². The molecule has 0 saturated heterocycles. The predicted molar refractivity (Wildman–Crippen MR) is 86.5 cm³/mol. The van der Waals surface area contributed by atoms with Crippen LogP contribution in [0.5, 0.6) is 0 Å². The zero-order chi connectivity index (χ0) is 14.4. The molecule has 0 fully saturated rings. The first-order valence-corrected chi connectivity index (χ1v) is 8.01. The number of benzene rings is 1. The Bertz CT molecular complexity index is 534. The Kier molecular flexibility index (Phi) is 5.65. The molecule has 2 N–H and O–H groups in total. The SMILES string of the molecule is CCCCCCCc1onc(N)c1-c1ccc(Br)cc1. The maximum Gasteiger partial charge on any atom is 0.175 e. The van der Waals surface area contributed by atoms with Crippen LogP contribution in [-0.2, 0) is 6.42 Å². The maximum atomic E-state index is 5.95. The molecule has 0 aliphatic heterocycles. The highest BCUT2D eigenvalue weighted by Gasteiger charge is 2.15. The van der Waals surface area contributed by atoms with Gasteiger partial charge in [0.15, 0.2) is 5.82 Å². The number of aromatic nitrogens is 1. The molecule has 20 heavy (non-hydrogen) atoms. The van der Waals surface area contributed by atoms with Crippen LogP contribution in [-0.4, -0.2) is 5.16 Å². The van der Waals surface area contributed by atoms with Crippen molar-refractivity contribution in [3.05, 3.63) is 34.5 Å². The van der Waals surface area contributed by atoms with Crippen molar-refractivity contribution in [2.24, 2.45) is 0 Å². The Morgan fingerprint density at radius 1 is 1.10 bits per heavy atom. The average Bonchev–Trinajstić information content (AvgIpc) is 2.81. The molecule has 108 valence electrons. The number of nitrogens with zero attached hydrogens (tertiary/aromatic N) is 1. The van der Waals surface area contributed by atoms with Crippen molar-refractivity contribution in [3.8, 4) is 11.1 Å². The first kappa shape index (κ1) is 15.1. The van der Waals surface area contributed by atoms with E-state index < -0.39 is 0 Å². The van der Waals surface area contributed by atoms with Crippen LogP contribution in [0.15, 0.2) is 33.3 Å².